The second-order valence-electron chi connectivity index (χ2n) is 3.96. The summed E-state index contributed by atoms with van der Waals surface area (Å²) in [5.74, 6) is -2.96. The van der Waals surface area contributed by atoms with Gasteiger partial charge in [0, 0.05) is 19.0 Å². The van der Waals surface area contributed by atoms with Gasteiger partial charge in [0.15, 0.2) is 0 Å². The zero-order valence-electron chi connectivity index (χ0n) is 8.99. The number of halogens is 3. The van der Waals surface area contributed by atoms with Crippen LogP contribution >= 0.6 is 23.2 Å². The number of hydrogen-bond donors (Lipinski definition) is 1. The van der Waals surface area contributed by atoms with Gasteiger partial charge in [0.25, 0.3) is 0 Å². The van der Waals surface area contributed by atoms with Gasteiger partial charge in [-0.3, -0.25) is 9.59 Å². The van der Waals surface area contributed by atoms with E-state index in [1.165, 1.54) is 11.0 Å². The number of carboxylic acid groups (broad SMARTS) is 1. The van der Waals surface area contributed by atoms with E-state index in [0.717, 1.165) is 6.07 Å². The van der Waals surface area contributed by atoms with Crippen LogP contribution in [0.4, 0.5) is 10.1 Å². The minimum atomic E-state index is -1.06. The number of anilines is 1. The summed E-state index contributed by atoms with van der Waals surface area (Å²) in [5.41, 5.74) is 0.146. The van der Waals surface area contributed by atoms with Crippen LogP contribution in [0, 0.1) is 11.7 Å². The summed E-state index contributed by atoms with van der Waals surface area (Å²) in [6.07, 6.45) is -0.115. The summed E-state index contributed by atoms with van der Waals surface area (Å²) in [5, 5.41) is 8.82. The van der Waals surface area contributed by atoms with Gasteiger partial charge in [-0.1, -0.05) is 23.2 Å². The maximum absolute atomic E-state index is 13.4. The Morgan fingerprint density at radius 1 is 1.39 bits per heavy atom. The lowest BCUT2D eigenvalue weighted by Gasteiger charge is -2.18. The van der Waals surface area contributed by atoms with Crippen molar-refractivity contribution in [3.8, 4) is 0 Å². The minimum Gasteiger partial charge on any atom is -0.481 e. The average molecular weight is 292 g/mol. The van der Waals surface area contributed by atoms with Gasteiger partial charge in [0.1, 0.15) is 5.82 Å². The number of amides is 1. The number of benzene rings is 1. The Bertz CT molecular complexity index is 535. The van der Waals surface area contributed by atoms with E-state index in [2.05, 4.69) is 0 Å². The normalized spacial score (nSPS) is 19.4. The molecule has 1 amide bonds. The number of carbonyl (C=O) groups excluding carboxylic acids is 1. The van der Waals surface area contributed by atoms with E-state index in [0.29, 0.717) is 0 Å². The lowest BCUT2D eigenvalue weighted by molar-refractivity contribution is -0.141. The van der Waals surface area contributed by atoms with Crippen molar-refractivity contribution in [1.82, 2.24) is 0 Å². The Balaban J connectivity index is 2.35. The zero-order chi connectivity index (χ0) is 13.4. The second-order valence-corrected chi connectivity index (χ2v) is 4.78. The van der Waals surface area contributed by atoms with E-state index >= 15 is 0 Å². The van der Waals surface area contributed by atoms with Gasteiger partial charge in [-0.15, -0.1) is 0 Å². The van der Waals surface area contributed by atoms with E-state index in [4.69, 9.17) is 28.3 Å². The molecule has 7 heteroatoms. The zero-order valence-corrected chi connectivity index (χ0v) is 10.5. The number of carbonyl (C=O) groups is 2. The largest absolute Gasteiger partial charge is 0.481 e. The van der Waals surface area contributed by atoms with Crippen LogP contribution < -0.4 is 4.90 Å². The molecular formula is C11H8Cl2FNO3. The fraction of sp³-hybridized carbons (Fsp3) is 0.273. The molecule has 1 heterocycles. The van der Waals surface area contributed by atoms with E-state index in [1.807, 2.05) is 0 Å². The van der Waals surface area contributed by atoms with Crippen molar-refractivity contribution in [3.05, 3.63) is 28.0 Å². The van der Waals surface area contributed by atoms with E-state index in [1.54, 1.807) is 0 Å². The van der Waals surface area contributed by atoms with Crippen LogP contribution in [-0.4, -0.2) is 23.5 Å². The van der Waals surface area contributed by atoms with Gasteiger partial charge in [-0.05, 0) is 6.07 Å². The SMILES string of the molecule is O=C(O)C1CC(=O)N(c2cc(F)c(Cl)cc2Cl)C1. The van der Waals surface area contributed by atoms with Crippen LogP contribution in [0.3, 0.4) is 0 Å². The summed E-state index contributed by atoms with van der Waals surface area (Å²) in [4.78, 5) is 23.7. The molecule has 1 aromatic carbocycles. The molecule has 0 bridgehead atoms. The maximum atomic E-state index is 13.4. The van der Waals surface area contributed by atoms with Crippen molar-refractivity contribution in [3.63, 3.8) is 0 Å². The van der Waals surface area contributed by atoms with Gasteiger partial charge in [0.05, 0.1) is 21.7 Å². The Labute approximate surface area is 112 Å². The Morgan fingerprint density at radius 3 is 2.61 bits per heavy atom. The topological polar surface area (TPSA) is 57.6 Å². The molecule has 1 unspecified atom stereocenters. The van der Waals surface area contributed by atoms with Gasteiger partial charge in [-0.2, -0.15) is 0 Å². The molecule has 1 aromatic rings. The predicted molar refractivity (Wildman–Crippen MR) is 64.5 cm³/mol. The smallest absolute Gasteiger partial charge is 0.308 e. The first-order valence-electron chi connectivity index (χ1n) is 5.08. The van der Waals surface area contributed by atoms with Gasteiger partial charge in [0.2, 0.25) is 5.91 Å². The third-order valence-electron chi connectivity index (χ3n) is 2.75. The monoisotopic (exact) mass is 291 g/mol. The van der Waals surface area contributed by atoms with Crippen LogP contribution in [0.5, 0.6) is 0 Å². The third kappa shape index (κ3) is 2.28. The Kier molecular flexibility index (Phi) is 3.45. The molecule has 0 saturated carbocycles. The van der Waals surface area contributed by atoms with Crippen LogP contribution in [0.15, 0.2) is 12.1 Å². The summed E-state index contributed by atoms with van der Waals surface area (Å²) in [6.45, 7) is -0.0189. The quantitative estimate of drug-likeness (QED) is 0.852. The molecule has 0 spiro atoms. The van der Waals surface area contributed by atoms with Crippen molar-refractivity contribution in [1.29, 1.82) is 0 Å². The molecule has 1 aliphatic heterocycles. The summed E-state index contributed by atoms with van der Waals surface area (Å²) in [6, 6.07) is 2.22. The van der Waals surface area contributed by atoms with E-state index < -0.39 is 23.6 Å². The van der Waals surface area contributed by atoms with E-state index in [-0.39, 0.29) is 28.7 Å². The average Bonchev–Trinajstić information content (AvgIpc) is 2.66. The highest BCUT2D eigenvalue weighted by Crippen LogP contribution is 2.34. The molecule has 2 rings (SSSR count). The Hall–Kier alpha value is -1.33. The molecule has 96 valence electrons. The molecule has 1 aliphatic rings. The number of aliphatic carboxylic acids is 1. The number of rotatable bonds is 2. The highest BCUT2D eigenvalue weighted by atomic mass is 35.5. The first kappa shape index (κ1) is 13.1. The van der Waals surface area contributed by atoms with E-state index in [9.17, 15) is 14.0 Å². The highest BCUT2D eigenvalue weighted by molar-refractivity contribution is 6.37. The minimum absolute atomic E-state index is 0.0189. The number of nitrogens with zero attached hydrogens (tertiary/aromatic N) is 1. The molecular weight excluding hydrogens is 284 g/mol. The van der Waals surface area contributed by atoms with Gasteiger partial charge in [-0.25, -0.2) is 4.39 Å². The Morgan fingerprint density at radius 2 is 2.06 bits per heavy atom. The standard InChI is InChI=1S/C11H8Cl2FNO3/c12-6-2-7(13)9(3-8(6)14)15-4-5(11(17)18)1-10(15)16/h2-3,5H,1,4H2,(H,17,18). The predicted octanol–water partition coefficient (Wildman–Crippen LogP) is 2.57. The van der Waals surface area contributed by atoms with Gasteiger partial charge < -0.3 is 10.0 Å². The summed E-state index contributed by atoms with van der Waals surface area (Å²) >= 11 is 11.4. The second kappa shape index (κ2) is 4.74. The summed E-state index contributed by atoms with van der Waals surface area (Å²) < 4.78 is 13.4. The van der Waals surface area contributed by atoms with Crippen molar-refractivity contribution in [2.24, 2.45) is 5.92 Å². The number of hydrogen-bond acceptors (Lipinski definition) is 2. The van der Waals surface area contributed by atoms with Crippen molar-refractivity contribution < 1.29 is 19.1 Å². The molecule has 1 N–H and O–H groups in total. The van der Waals surface area contributed by atoms with Crippen LogP contribution in [-0.2, 0) is 9.59 Å². The lowest BCUT2D eigenvalue weighted by atomic mass is 10.1. The van der Waals surface area contributed by atoms with Crippen molar-refractivity contribution in [2.75, 3.05) is 11.4 Å². The van der Waals surface area contributed by atoms with Crippen LogP contribution in [0.1, 0.15) is 6.42 Å². The number of carboxylic acids is 1. The van der Waals surface area contributed by atoms with Crippen LogP contribution in [0.25, 0.3) is 0 Å². The summed E-state index contributed by atoms with van der Waals surface area (Å²) in [7, 11) is 0. The molecule has 1 atom stereocenters. The molecule has 0 radical (unpaired) electrons. The lowest BCUT2D eigenvalue weighted by Crippen LogP contribution is -2.26. The third-order valence-corrected chi connectivity index (χ3v) is 3.35. The highest BCUT2D eigenvalue weighted by Gasteiger charge is 2.36. The van der Waals surface area contributed by atoms with Crippen molar-refractivity contribution >= 4 is 40.8 Å². The maximum Gasteiger partial charge on any atom is 0.308 e. The molecule has 1 fully saturated rings. The fourth-order valence-electron chi connectivity index (χ4n) is 1.82. The first-order chi connectivity index (χ1) is 8.40. The molecule has 1 saturated heterocycles. The molecule has 4 nitrogen and oxygen atoms in total. The van der Waals surface area contributed by atoms with Gasteiger partial charge >= 0.3 is 5.97 Å². The fourth-order valence-corrected chi connectivity index (χ4v) is 2.31. The molecule has 0 aliphatic carbocycles. The first-order valence-corrected chi connectivity index (χ1v) is 5.83. The van der Waals surface area contributed by atoms with Crippen LogP contribution in [0.2, 0.25) is 10.0 Å². The van der Waals surface area contributed by atoms with Crippen molar-refractivity contribution in [2.45, 2.75) is 6.42 Å². The molecule has 18 heavy (non-hydrogen) atoms. The molecule has 0 aromatic heterocycles.